The Kier molecular flexibility index (Phi) is 3.64. The molecule has 4 heteroatoms. The summed E-state index contributed by atoms with van der Waals surface area (Å²) in [6, 6.07) is 11.8. The van der Waals surface area contributed by atoms with E-state index in [0.717, 1.165) is 22.0 Å². The first-order valence-corrected chi connectivity index (χ1v) is 7.50. The minimum absolute atomic E-state index is 0.0431. The number of aromatic nitrogens is 1. The number of aryl methyl sites for hydroxylation is 1. The Morgan fingerprint density at radius 2 is 1.90 bits per heavy atom. The Bertz CT molecular complexity index is 807. The highest BCUT2D eigenvalue weighted by molar-refractivity contribution is 9.09. The molecule has 0 aliphatic carbocycles. The second-order valence-corrected chi connectivity index (χ2v) is 5.89. The van der Waals surface area contributed by atoms with Crippen molar-refractivity contribution in [2.24, 2.45) is 0 Å². The van der Waals surface area contributed by atoms with Crippen molar-refractivity contribution in [3.63, 3.8) is 0 Å². The van der Waals surface area contributed by atoms with Crippen LogP contribution in [0.2, 0.25) is 0 Å². The van der Waals surface area contributed by atoms with E-state index in [1.165, 1.54) is 12.1 Å². The van der Waals surface area contributed by atoms with Gasteiger partial charge in [0.1, 0.15) is 10.6 Å². The largest absolute Gasteiger partial charge is 0.360 e. The molecule has 106 valence electrons. The molecule has 0 bridgehead atoms. The summed E-state index contributed by atoms with van der Waals surface area (Å²) < 4.78 is 13.0. The molecule has 0 spiro atoms. The lowest BCUT2D eigenvalue weighted by Crippen LogP contribution is -2.06. The Hall–Kier alpha value is -1.94. The number of alkyl halides is 1. The Morgan fingerprint density at radius 3 is 2.62 bits per heavy atom. The maximum absolute atomic E-state index is 13.0. The first-order chi connectivity index (χ1) is 10.1. The number of ketones is 1. The van der Waals surface area contributed by atoms with Crippen molar-refractivity contribution in [1.29, 1.82) is 0 Å². The number of aromatic amines is 1. The number of fused-ring (bicyclic) bond motifs is 1. The van der Waals surface area contributed by atoms with Crippen molar-refractivity contribution in [2.75, 3.05) is 0 Å². The second kappa shape index (κ2) is 5.45. The fourth-order valence-electron chi connectivity index (χ4n) is 2.43. The fourth-order valence-corrected chi connectivity index (χ4v) is 2.98. The Morgan fingerprint density at radius 1 is 1.19 bits per heavy atom. The van der Waals surface area contributed by atoms with Crippen LogP contribution in [0.3, 0.4) is 0 Å². The van der Waals surface area contributed by atoms with Crippen molar-refractivity contribution in [3.05, 3.63) is 71.2 Å². The van der Waals surface area contributed by atoms with Gasteiger partial charge in [0, 0.05) is 22.7 Å². The van der Waals surface area contributed by atoms with Crippen LogP contribution in [0.1, 0.15) is 26.3 Å². The van der Waals surface area contributed by atoms with Crippen LogP contribution >= 0.6 is 15.9 Å². The Labute approximate surface area is 130 Å². The summed E-state index contributed by atoms with van der Waals surface area (Å²) in [7, 11) is 0. The lowest BCUT2D eigenvalue weighted by molar-refractivity contribution is 0.0993. The van der Waals surface area contributed by atoms with E-state index in [-0.39, 0.29) is 11.6 Å². The van der Waals surface area contributed by atoms with Gasteiger partial charge >= 0.3 is 0 Å². The monoisotopic (exact) mass is 345 g/mol. The molecular formula is C17H13BrFNO. The van der Waals surface area contributed by atoms with Gasteiger partial charge in [-0.25, -0.2) is 4.39 Å². The van der Waals surface area contributed by atoms with Crippen LogP contribution in [-0.2, 0) is 0 Å². The maximum atomic E-state index is 13.0. The summed E-state index contributed by atoms with van der Waals surface area (Å²) in [5, 5.41) is 0.909. The molecule has 0 fully saturated rings. The molecular weight excluding hydrogens is 333 g/mol. The zero-order valence-electron chi connectivity index (χ0n) is 11.4. The number of rotatable bonds is 3. The lowest BCUT2D eigenvalue weighted by Gasteiger charge is -2.08. The van der Waals surface area contributed by atoms with E-state index < -0.39 is 4.83 Å². The molecule has 1 aromatic heterocycles. The number of Topliss-reactive ketones (excluding diaryl/α,β-unsaturated/α-hetero) is 1. The van der Waals surface area contributed by atoms with Gasteiger partial charge in [-0.15, -0.1) is 0 Å². The van der Waals surface area contributed by atoms with E-state index in [1.807, 2.05) is 25.1 Å². The van der Waals surface area contributed by atoms with Crippen LogP contribution in [0.15, 0.2) is 48.7 Å². The molecule has 21 heavy (non-hydrogen) atoms. The number of hydrogen-bond donors (Lipinski definition) is 1. The van der Waals surface area contributed by atoms with E-state index in [0.29, 0.717) is 5.56 Å². The highest BCUT2D eigenvalue weighted by atomic mass is 79.9. The molecule has 1 N–H and O–H groups in total. The molecule has 0 saturated carbocycles. The molecule has 0 aliphatic rings. The molecule has 2 nitrogen and oxygen atoms in total. The van der Waals surface area contributed by atoms with Gasteiger partial charge in [0.05, 0.1) is 0 Å². The smallest absolute Gasteiger partial charge is 0.183 e. The second-order valence-electron chi connectivity index (χ2n) is 4.98. The van der Waals surface area contributed by atoms with E-state index in [1.54, 1.807) is 18.3 Å². The molecule has 0 radical (unpaired) electrons. The lowest BCUT2D eigenvalue weighted by atomic mass is 10.0. The van der Waals surface area contributed by atoms with Gasteiger partial charge in [-0.1, -0.05) is 46.3 Å². The standard InChI is InChI=1S/C17H13BrFNO/c1-10-3-2-4-13-14(9-20-16(10)13)17(21)15(18)11-5-7-12(19)8-6-11/h2-9,15,20H,1H3. The first-order valence-electron chi connectivity index (χ1n) is 6.58. The van der Waals surface area contributed by atoms with Gasteiger partial charge in [0.15, 0.2) is 5.78 Å². The third-order valence-electron chi connectivity index (χ3n) is 3.58. The maximum Gasteiger partial charge on any atom is 0.183 e. The number of halogens is 2. The van der Waals surface area contributed by atoms with Crippen molar-refractivity contribution < 1.29 is 9.18 Å². The number of para-hydroxylation sites is 1. The summed E-state index contributed by atoms with van der Waals surface area (Å²) in [6.07, 6.45) is 1.73. The average Bonchev–Trinajstić information content (AvgIpc) is 2.92. The summed E-state index contributed by atoms with van der Waals surface area (Å²) in [5.41, 5.74) is 3.45. The van der Waals surface area contributed by atoms with Crippen LogP contribution < -0.4 is 0 Å². The molecule has 2 aromatic carbocycles. The van der Waals surface area contributed by atoms with Crippen LogP contribution in [0.4, 0.5) is 4.39 Å². The number of benzene rings is 2. The molecule has 1 atom stereocenters. The minimum Gasteiger partial charge on any atom is -0.360 e. The third kappa shape index (κ3) is 2.51. The van der Waals surface area contributed by atoms with Gasteiger partial charge in [0.25, 0.3) is 0 Å². The third-order valence-corrected chi connectivity index (χ3v) is 4.53. The number of H-pyrrole nitrogens is 1. The first kappa shape index (κ1) is 14.0. The molecule has 1 unspecified atom stereocenters. The number of hydrogen-bond acceptors (Lipinski definition) is 1. The van der Waals surface area contributed by atoms with Crippen LogP contribution in [0.5, 0.6) is 0 Å². The van der Waals surface area contributed by atoms with Gasteiger partial charge < -0.3 is 4.98 Å². The molecule has 3 aromatic rings. The SMILES string of the molecule is Cc1cccc2c(C(=O)C(Br)c3ccc(F)cc3)c[nH]c12. The summed E-state index contributed by atoms with van der Waals surface area (Å²) in [5.74, 6) is -0.355. The predicted molar refractivity (Wildman–Crippen MR) is 85.4 cm³/mol. The van der Waals surface area contributed by atoms with E-state index >= 15 is 0 Å². The van der Waals surface area contributed by atoms with Crippen LogP contribution in [0.25, 0.3) is 10.9 Å². The van der Waals surface area contributed by atoms with E-state index in [9.17, 15) is 9.18 Å². The van der Waals surface area contributed by atoms with Gasteiger partial charge in [0.2, 0.25) is 0 Å². The quantitative estimate of drug-likeness (QED) is 0.529. The molecule has 3 rings (SSSR count). The number of nitrogens with one attached hydrogen (secondary N) is 1. The number of carbonyl (C=O) groups is 1. The zero-order chi connectivity index (χ0) is 15.0. The molecule has 0 saturated heterocycles. The predicted octanol–water partition coefficient (Wildman–Crippen LogP) is 4.93. The minimum atomic E-state index is -0.488. The molecule has 0 aliphatic heterocycles. The normalized spacial score (nSPS) is 12.5. The average molecular weight is 346 g/mol. The highest BCUT2D eigenvalue weighted by Crippen LogP contribution is 2.31. The van der Waals surface area contributed by atoms with Crippen molar-refractivity contribution in [3.8, 4) is 0 Å². The van der Waals surface area contributed by atoms with Gasteiger partial charge in [-0.05, 0) is 30.2 Å². The number of carbonyl (C=O) groups excluding carboxylic acids is 1. The summed E-state index contributed by atoms with van der Waals surface area (Å²) >= 11 is 3.42. The Balaban J connectivity index is 2.00. The van der Waals surface area contributed by atoms with E-state index in [4.69, 9.17) is 0 Å². The van der Waals surface area contributed by atoms with E-state index in [2.05, 4.69) is 20.9 Å². The van der Waals surface area contributed by atoms with Crippen LogP contribution in [-0.4, -0.2) is 10.8 Å². The van der Waals surface area contributed by atoms with Gasteiger partial charge in [-0.2, -0.15) is 0 Å². The van der Waals surface area contributed by atoms with Crippen molar-refractivity contribution >= 4 is 32.6 Å². The van der Waals surface area contributed by atoms with Crippen molar-refractivity contribution in [2.45, 2.75) is 11.8 Å². The topological polar surface area (TPSA) is 32.9 Å². The van der Waals surface area contributed by atoms with Crippen LogP contribution in [0, 0.1) is 12.7 Å². The van der Waals surface area contributed by atoms with Crippen molar-refractivity contribution in [1.82, 2.24) is 4.98 Å². The fraction of sp³-hybridized carbons (Fsp3) is 0.118. The van der Waals surface area contributed by atoms with Gasteiger partial charge in [-0.3, -0.25) is 4.79 Å². The highest BCUT2D eigenvalue weighted by Gasteiger charge is 2.22. The molecule has 0 amide bonds. The zero-order valence-corrected chi connectivity index (χ0v) is 12.9. The molecule has 1 heterocycles. The summed E-state index contributed by atoms with van der Waals surface area (Å²) in [4.78, 5) is 15.3. The summed E-state index contributed by atoms with van der Waals surface area (Å²) in [6.45, 7) is 2.00.